The van der Waals surface area contributed by atoms with E-state index in [0.29, 0.717) is 23.6 Å². The van der Waals surface area contributed by atoms with Crippen LogP contribution in [0.25, 0.3) is 0 Å². The Labute approximate surface area is 153 Å². The number of thiophene rings is 1. The molecule has 0 unspecified atom stereocenters. The third-order valence-corrected chi connectivity index (χ3v) is 5.40. The molecule has 132 valence electrons. The first-order chi connectivity index (χ1) is 12.2. The lowest BCUT2D eigenvalue weighted by Gasteiger charge is -2.07. The van der Waals surface area contributed by atoms with Crippen molar-refractivity contribution in [2.75, 3.05) is 25.7 Å². The number of fused-ring (bicyclic) bond motifs is 1. The van der Waals surface area contributed by atoms with Crippen LogP contribution in [-0.4, -0.2) is 37.6 Å². The van der Waals surface area contributed by atoms with Crippen LogP contribution >= 0.6 is 23.1 Å². The highest BCUT2D eigenvalue weighted by molar-refractivity contribution is 7.98. The molecule has 1 amide bonds. The fraction of sp³-hybridized carbons (Fsp3) is 0.294. The molecule has 1 N–H and O–H groups in total. The average molecular weight is 379 g/mol. The molecule has 1 aromatic carbocycles. The predicted octanol–water partition coefficient (Wildman–Crippen LogP) is 2.68. The SMILES string of the molecule is O=C(COC(=O)c1ccc2c(c1)OCO2)NCCSCc1cccs1. The first kappa shape index (κ1) is 17.6. The molecule has 0 saturated heterocycles. The van der Waals surface area contributed by atoms with Crippen LogP contribution in [0.15, 0.2) is 35.7 Å². The number of esters is 1. The molecule has 3 rings (SSSR count). The number of benzene rings is 1. The maximum atomic E-state index is 12.0. The summed E-state index contributed by atoms with van der Waals surface area (Å²) >= 11 is 3.47. The summed E-state index contributed by atoms with van der Waals surface area (Å²) in [5, 5.41) is 4.78. The highest BCUT2D eigenvalue weighted by Crippen LogP contribution is 2.32. The van der Waals surface area contributed by atoms with E-state index in [1.54, 1.807) is 41.3 Å². The maximum Gasteiger partial charge on any atom is 0.338 e. The van der Waals surface area contributed by atoms with Gasteiger partial charge in [0.15, 0.2) is 18.1 Å². The van der Waals surface area contributed by atoms with E-state index >= 15 is 0 Å². The average Bonchev–Trinajstić information content (AvgIpc) is 3.30. The smallest absolute Gasteiger partial charge is 0.338 e. The molecule has 6 nitrogen and oxygen atoms in total. The molecule has 8 heteroatoms. The fourth-order valence-corrected chi connectivity index (χ4v) is 3.82. The van der Waals surface area contributed by atoms with Gasteiger partial charge in [-0.2, -0.15) is 11.8 Å². The number of nitrogens with one attached hydrogen (secondary N) is 1. The van der Waals surface area contributed by atoms with Gasteiger partial charge in [0.05, 0.1) is 5.56 Å². The Morgan fingerprint density at radius 3 is 2.96 bits per heavy atom. The predicted molar refractivity (Wildman–Crippen MR) is 96.3 cm³/mol. The lowest BCUT2D eigenvalue weighted by Crippen LogP contribution is -2.30. The van der Waals surface area contributed by atoms with Gasteiger partial charge in [0.2, 0.25) is 6.79 Å². The van der Waals surface area contributed by atoms with E-state index in [4.69, 9.17) is 14.2 Å². The number of amides is 1. The van der Waals surface area contributed by atoms with Crippen LogP contribution in [-0.2, 0) is 15.3 Å². The Hall–Kier alpha value is -2.19. The molecule has 2 aromatic rings. The molecule has 25 heavy (non-hydrogen) atoms. The molecule has 1 aliphatic heterocycles. The van der Waals surface area contributed by atoms with Gasteiger partial charge in [0, 0.05) is 22.9 Å². The van der Waals surface area contributed by atoms with E-state index in [0.717, 1.165) is 11.5 Å². The van der Waals surface area contributed by atoms with Crippen molar-refractivity contribution in [1.82, 2.24) is 5.32 Å². The minimum absolute atomic E-state index is 0.140. The summed E-state index contributed by atoms with van der Waals surface area (Å²) in [5.74, 6) is 1.95. The Kier molecular flexibility index (Phi) is 6.19. The van der Waals surface area contributed by atoms with Gasteiger partial charge in [-0.05, 0) is 29.6 Å². The van der Waals surface area contributed by atoms with Crippen molar-refractivity contribution in [3.63, 3.8) is 0 Å². The molecule has 2 heterocycles. The normalized spacial score (nSPS) is 12.0. The summed E-state index contributed by atoms with van der Waals surface area (Å²) in [7, 11) is 0. The third-order valence-electron chi connectivity index (χ3n) is 3.34. The quantitative estimate of drug-likeness (QED) is 0.562. The number of rotatable bonds is 8. The first-order valence-electron chi connectivity index (χ1n) is 7.66. The van der Waals surface area contributed by atoms with Crippen molar-refractivity contribution >= 4 is 35.0 Å². The molecule has 0 atom stereocenters. The highest BCUT2D eigenvalue weighted by Gasteiger charge is 2.17. The van der Waals surface area contributed by atoms with Crippen LogP contribution in [0.5, 0.6) is 11.5 Å². The minimum Gasteiger partial charge on any atom is -0.454 e. The van der Waals surface area contributed by atoms with Crippen molar-refractivity contribution < 1.29 is 23.8 Å². The monoisotopic (exact) mass is 379 g/mol. The third kappa shape index (κ3) is 5.14. The second kappa shape index (κ2) is 8.77. The number of ether oxygens (including phenoxy) is 3. The minimum atomic E-state index is -0.569. The summed E-state index contributed by atoms with van der Waals surface area (Å²) in [6.45, 7) is 0.375. The van der Waals surface area contributed by atoms with Crippen LogP contribution in [0, 0.1) is 0 Å². The van der Waals surface area contributed by atoms with Gasteiger partial charge in [0.1, 0.15) is 0 Å². The lowest BCUT2D eigenvalue weighted by atomic mass is 10.2. The van der Waals surface area contributed by atoms with Gasteiger partial charge in [-0.3, -0.25) is 4.79 Å². The number of carbonyl (C=O) groups is 2. The molecule has 0 radical (unpaired) electrons. The molecule has 0 spiro atoms. The van der Waals surface area contributed by atoms with Crippen molar-refractivity contribution in [2.45, 2.75) is 5.75 Å². The Balaban J connectivity index is 1.32. The van der Waals surface area contributed by atoms with E-state index in [9.17, 15) is 9.59 Å². The van der Waals surface area contributed by atoms with Gasteiger partial charge in [-0.25, -0.2) is 4.79 Å². The topological polar surface area (TPSA) is 73.9 Å². The summed E-state index contributed by atoms with van der Waals surface area (Å²) in [6, 6.07) is 8.88. The van der Waals surface area contributed by atoms with Crippen LogP contribution in [0.2, 0.25) is 0 Å². The van der Waals surface area contributed by atoms with Gasteiger partial charge in [-0.1, -0.05) is 6.07 Å². The zero-order chi connectivity index (χ0) is 17.5. The zero-order valence-electron chi connectivity index (χ0n) is 13.4. The van der Waals surface area contributed by atoms with Gasteiger partial charge >= 0.3 is 5.97 Å². The van der Waals surface area contributed by atoms with Gasteiger partial charge in [0.25, 0.3) is 5.91 Å². The lowest BCUT2D eigenvalue weighted by molar-refractivity contribution is -0.124. The highest BCUT2D eigenvalue weighted by atomic mass is 32.2. The van der Waals surface area contributed by atoms with Crippen molar-refractivity contribution in [1.29, 1.82) is 0 Å². The largest absolute Gasteiger partial charge is 0.454 e. The number of carbonyl (C=O) groups excluding carboxylic acids is 2. The molecular formula is C17H17NO5S2. The van der Waals surface area contributed by atoms with E-state index in [2.05, 4.69) is 11.4 Å². The van der Waals surface area contributed by atoms with Gasteiger partial charge in [-0.15, -0.1) is 11.3 Å². The van der Waals surface area contributed by atoms with Gasteiger partial charge < -0.3 is 19.5 Å². The molecule has 0 bridgehead atoms. The number of thioether (sulfide) groups is 1. The summed E-state index contributed by atoms with van der Waals surface area (Å²) < 4.78 is 15.4. The van der Waals surface area contributed by atoms with Crippen LogP contribution < -0.4 is 14.8 Å². The Morgan fingerprint density at radius 1 is 1.24 bits per heavy atom. The summed E-state index contributed by atoms with van der Waals surface area (Å²) in [6.07, 6.45) is 0. The molecule has 0 fully saturated rings. The van der Waals surface area contributed by atoms with Crippen LogP contribution in [0.1, 0.15) is 15.2 Å². The van der Waals surface area contributed by atoms with Crippen molar-refractivity contribution in [3.8, 4) is 11.5 Å². The first-order valence-corrected chi connectivity index (χ1v) is 9.69. The molecular weight excluding hydrogens is 362 g/mol. The fourth-order valence-electron chi connectivity index (χ4n) is 2.12. The standard InChI is InChI=1S/C17H17NO5S2/c19-16(18-5-7-24-10-13-2-1-6-25-13)9-21-17(20)12-3-4-14-15(8-12)23-11-22-14/h1-4,6,8H,5,7,9-11H2,(H,18,19). The van der Waals surface area contributed by atoms with E-state index in [1.807, 2.05) is 11.4 Å². The Morgan fingerprint density at radius 2 is 2.12 bits per heavy atom. The van der Waals surface area contributed by atoms with E-state index < -0.39 is 5.97 Å². The summed E-state index contributed by atoms with van der Waals surface area (Å²) in [5.41, 5.74) is 0.323. The van der Waals surface area contributed by atoms with Crippen LogP contribution in [0.4, 0.5) is 0 Å². The van der Waals surface area contributed by atoms with E-state index in [-0.39, 0.29) is 19.3 Å². The summed E-state index contributed by atoms with van der Waals surface area (Å²) in [4.78, 5) is 25.0. The number of hydrogen-bond acceptors (Lipinski definition) is 7. The second-order valence-electron chi connectivity index (χ2n) is 5.13. The zero-order valence-corrected chi connectivity index (χ0v) is 15.0. The van der Waals surface area contributed by atoms with Crippen molar-refractivity contribution in [3.05, 3.63) is 46.2 Å². The molecule has 0 saturated carbocycles. The Bertz CT molecular complexity index is 733. The van der Waals surface area contributed by atoms with Crippen LogP contribution in [0.3, 0.4) is 0 Å². The second-order valence-corrected chi connectivity index (χ2v) is 7.26. The van der Waals surface area contributed by atoms with E-state index in [1.165, 1.54) is 4.88 Å². The molecule has 1 aliphatic rings. The molecule has 0 aliphatic carbocycles. The number of hydrogen-bond donors (Lipinski definition) is 1. The molecule has 1 aromatic heterocycles. The maximum absolute atomic E-state index is 12.0. The van der Waals surface area contributed by atoms with Crippen molar-refractivity contribution in [2.24, 2.45) is 0 Å².